The number of rotatable bonds is 5. The summed E-state index contributed by atoms with van der Waals surface area (Å²) in [7, 11) is 0. The molecular formula is C10H13NOS. The molecule has 0 saturated heterocycles. The van der Waals surface area contributed by atoms with Gasteiger partial charge in [-0.25, -0.2) is 0 Å². The van der Waals surface area contributed by atoms with E-state index in [9.17, 15) is 4.79 Å². The van der Waals surface area contributed by atoms with Crippen molar-refractivity contribution in [3.8, 4) is 0 Å². The lowest BCUT2D eigenvalue weighted by Crippen LogP contribution is -2.19. The highest BCUT2D eigenvalue weighted by atomic mass is 32.1. The summed E-state index contributed by atoms with van der Waals surface area (Å²) in [5.74, 6) is 0.0855. The zero-order chi connectivity index (χ0) is 9.68. The highest BCUT2D eigenvalue weighted by Gasteiger charge is 2.14. The Morgan fingerprint density at radius 1 is 1.77 bits per heavy atom. The van der Waals surface area contributed by atoms with E-state index in [1.165, 1.54) is 11.3 Å². The maximum Gasteiger partial charge on any atom is 0.155 e. The van der Waals surface area contributed by atoms with Gasteiger partial charge < -0.3 is 5.73 Å². The molecule has 1 aromatic heterocycles. The van der Waals surface area contributed by atoms with Crippen LogP contribution in [0.15, 0.2) is 30.2 Å². The average Bonchev–Trinajstić information content (AvgIpc) is 2.65. The molecule has 0 bridgehead atoms. The van der Waals surface area contributed by atoms with Crippen molar-refractivity contribution in [2.24, 2.45) is 5.73 Å². The summed E-state index contributed by atoms with van der Waals surface area (Å²) < 4.78 is 0. The van der Waals surface area contributed by atoms with E-state index in [2.05, 4.69) is 6.58 Å². The Kier molecular flexibility index (Phi) is 3.86. The van der Waals surface area contributed by atoms with Crippen molar-refractivity contribution in [3.63, 3.8) is 0 Å². The number of Topliss-reactive ketones (excluding diaryl/α,β-unsaturated/α-hetero) is 1. The molecule has 1 unspecified atom stereocenters. The predicted octanol–water partition coefficient (Wildman–Crippen LogP) is 2.28. The van der Waals surface area contributed by atoms with Crippen molar-refractivity contribution in [2.45, 2.75) is 18.9 Å². The van der Waals surface area contributed by atoms with E-state index in [4.69, 9.17) is 5.73 Å². The van der Waals surface area contributed by atoms with E-state index in [-0.39, 0.29) is 5.78 Å². The first kappa shape index (κ1) is 10.2. The molecule has 70 valence electrons. The van der Waals surface area contributed by atoms with Crippen molar-refractivity contribution in [3.05, 3.63) is 35.0 Å². The van der Waals surface area contributed by atoms with Crippen molar-refractivity contribution in [1.82, 2.24) is 0 Å². The third-order valence-corrected chi connectivity index (χ3v) is 2.75. The van der Waals surface area contributed by atoms with Crippen LogP contribution < -0.4 is 5.73 Å². The molecule has 13 heavy (non-hydrogen) atoms. The lowest BCUT2D eigenvalue weighted by atomic mass is 10.1. The van der Waals surface area contributed by atoms with Gasteiger partial charge in [0.2, 0.25) is 0 Å². The molecule has 1 heterocycles. The molecule has 0 spiro atoms. The van der Waals surface area contributed by atoms with Gasteiger partial charge in [-0.1, -0.05) is 12.1 Å². The van der Waals surface area contributed by atoms with Gasteiger partial charge in [0.15, 0.2) is 5.78 Å². The zero-order valence-corrected chi connectivity index (χ0v) is 8.22. The Bertz CT molecular complexity index is 279. The van der Waals surface area contributed by atoms with Gasteiger partial charge in [-0.05, 0) is 17.9 Å². The van der Waals surface area contributed by atoms with Crippen molar-refractivity contribution in [2.75, 3.05) is 0 Å². The maximum atomic E-state index is 11.4. The molecule has 0 aliphatic rings. The number of ketones is 1. The smallest absolute Gasteiger partial charge is 0.155 e. The third kappa shape index (κ3) is 2.79. The Hall–Kier alpha value is -0.930. The van der Waals surface area contributed by atoms with E-state index >= 15 is 0 Å². The Labute approximate surface area is 82.1 Å². The van der Waals surface area contributed by atoms with E-state index in [1.54, 1.807) is 6.08 Å². The summed E-state index contributed by atoms with van der Waals surface area (Å²) in [5.41, 5.74) is 5.75. The first-order chi connectivity index (χ1) is 6.25. The molecule has 1 rings (SSSR count). The summed E-state index contributed by atoms with van der Waals surface area (Å²) in [6, 6.07) is 3.35. The Morgan fingerprint density at radius 3 is 3.08 bits per heavy atom. The van der Waals surface area contributed by atoms with Gasteiger partial charge in [0.25, 0.3) is 0 Å². The molecule has 1 atom stereocenters. The van der Waals surface area contributed by atoms with Crippen LogP contribution in [-0.4, -0.2) is 5.78 Å². The molecule has 2 nitrogen and oxygen atoms in total. The molecule has 2 N–H and O–H groups in total. The molecule has 1 aromatic rings. The molecule has 0 aliphatic carbocycles. The largest absolute Gasteiger partial charge is 0.317 e. The summed E-state index contributed by atoms with van der Waals surface area (Å²) >= 11 is 1.52. The summed E-state index contributed by atoms with van der Waals surface area (Å²) in [6.45, 7) is 3.56. The normalized spacial score (nSPS) is 12.4. The zero-order valence-electron chi connectivity index (χ0n) is 7.40. The molecule has 0 saturated carbocycles. The number of carbonyl (C=O) groups excluding carboxylic acids is 1. The number of carbonyl (C=O) groups is 1. The van der Waals surface area contributed by atoms with Crippen LogP contribution in [0.3, 0.4) is 0 Å². The third-order valence-electron chi connectivity index (χ3n) is 1.79. The lowest BCUT2D eigenvalue weighted by molar-refractivity contribution is -0.120. The summed E-state index contributed by atoms with van der Waals surface area (Å²) in [4.78, 5) is 12.4. The second-order valence-electron chi connectivity index (χ2n) is 2.79. The van der Waals surface area contributed by atoms with E-state index in [1.807, 2.05) is 17.5 Å². The van der Waals surface area contributed by atoms with Crippen molar-refractivity contribution >= 4 is 17.1 Å². The fourth-order valence-corrected chi connectivity index (χ4v) is 1.78. The topological polar surface area (TPSA) is 43.1 Å². The molecule has 3 heteroatoms. The minimum Gasteiger partial charge on any atom is -0.317 e. The fraction of sp³-hybridized carbons (Fsp3) is 0.300. The molecule has 0 fully saturated rings. The lowest BCUT2D eigenvalue weighted by Gasteiger charge is -2.06. The van der Waals surface area contributed by atoms with Crippen molar-refractivity contribution < 1.29 is 4.79 Å². The maximum absolute atomic E-state index is 11.4. The van der Waals surface area contributed by atoms with E-state index < -0.39 is 6.04 Å². The number of allylic oxidation sites excluding steroid dienone is 1. The first-order valence-corrected chi connectivity index (χ1v) is 5.06. The Morgan fingerprint density at radius 2 is 2.54 bits per heavy atom. The van der Waals surface area contributed by atoms with Crippen LogP contribution in [0.2, 0.25) is 0 Å². The predicted molar refractivity (Wildman–Crippen MR) is 55.7 cm³/mol. The van der Waals surface area contributed by atoms with Gasteiger partial charge in [0.05, 0.1) is 6.04 Å². The summed E-state index contributed by atoms with van der Waals surface area (Å²) in [6.07, 6.45) is 2.93. The van der Waals surface area contributed by atoms with Crippen molar-refractivity contribution in [1.29, 1.82) is 0 Å². The van der Waals surface area contributed by atoms with Crippen LogP contribution in [-0.2, 0) is 4.79 Å². The molecule has 0 aliphatic heterocycles. The minimum atomic E-state index is -0.444. The fourth-order valence-electron chi connectivity index (χ4n) is 1.03. The van der Waals surface area contributed by atoms with Crippen LogP contribution in [0.1, 0.15) is 23.8 Å². The second kappa shape index (κ2) is 4.94. The van der Waals surface area contributed by atoms with E-state index in [0.29, 0.717) is 12.8 Å². The van der Waals surface area contributed by atoms with Crippen LogP contribution in [0, 0.1) is 0 Å². The quantitative estimate of drug-likeness (QED) is 0.732. The number of hydrogen-bond acceptors (Lipinski definition) is 3. The van der Waals surface area contributed by atoms with E-state index in [0.717, 1.165) is 4.88 Å². The highest BCUT2D eigenvalue weighted by molar-refractivity contribution is 7.10. The number of thiophene rings is 1. The monoisotopic (exact) mass is 195 g/mol. The van der Waals surface area contributed by atoms with Gasteiger partial charge in [-0.2, -0.15) is 0 Å². The molecule has 0 aromatic carbocycles. The first-order valence-electron chi connectivity index (χ1n) is 4.18. The molecular weight excluding hydrogens is 182 g/mol. The second-order valence-corrected chi connectivity index (χ2v) is 3.77. The van der Waals surface area contributed by atoms with Gasteiger partial charge in [-0.3, -0.25) is 4.79 Å². The van der Waals surface area contributed by atoms with Crippen LogP contribution >= 0.6 is 11.3 Å². The number of hydrogen-bond donors (Lipinski definition) is 1. The van der Waals surface area contributed by atoms with Crippen LogP contribution in [0.25, 0.3) is 0 Å². The van der Waals surface area contributed by atoms with Crippen LogP contribution in [0.4, 0.5) is 0 Å². The summed E-state index contributed by atoms with van der Waals surface area (Å²) in [5, 5.41) is 1.93. The van der Waals surface area contributed by atoms with Gasteiger partial charge >= 0.3 is 0 Å². The Balaban J connectivity index is 2.52. The molecule has 0 amide bonds. The average molecular weight is 195 g/mol. The highest BCUT2D eigenvalue weighted by Crippen LogP contribution is 2.18. The van der Waals surface area contributed by atoms with Gasteiger partial charge in [-0.15, -0.1) is 17.9 Å². The van der Waals surface area contributed by atoms with Gasteiger partial charge in [0.1, 0.15) is 0 Å². The molecule has 0 radical (unpaired) electrons. The van der Waals surface area contributed by atoms with Gasteiger partial charge in [0, 0.05) is 11.3 Å². The SMILES string of the molecule is C=CCCC(=O)C(N)c1cccs1. The van der Waals surface area contributed by atoms with Crippen LogP contribution in [0.5, 0.6) is 0 Å². The minimum absolute atomic E-state index is 0.0855. The number of nitrogens with two attached hydrogens (primary N) is 1. The standard InChI is InChI=1S/C10H13NOS/c1-2-3-5-8(12)10(11)9-6-4-7-13-9/h2,4,6-7,10H,1,3,5,11H2.